The molecule has 0 saturated heterocycles. The standard InChI is InChI=1S/C14H14ClN3O/c1-9(12-7-2-3-8-17-12)18-14(19)10-5-4-6-11(16)13(10)15/h2-9H,16H2,1H3,(H,18,19). The van der Waals surface area contributed by atoms with E-state index in [-0.39, 0.29) is 17.0 Å². The number of halogens is 1. The number of nitrogens with one attached hydrogen (secondary N) is 1. The molecule has 2 aromatic rings. The summed E-state index contributed by atoms with van der Waals surface area (Å²) in [6.07, 6.45) is 1.69. The third kappa shape index (κ3) is 3.03. The lowest BCUT2D eigenvalue weighted by molar-refractivity contribution is 0.0939. The van der Waals surface area contributed by atoms with Crippen LogP contribution in [0.4, 0.5) is 5.69 Å². The molecule has 4 nitrogen and oxygen atoms in total. The normalized spacial score (nSPS) is 11.9. The summed E-state index contributed by atoms with van der Waals surface area (Å²) in [6.45, 7) is 1.86. The molecule has 0 bridgehead atoms. The highest BCUT2D eigenvalue weighted by Gasteiger charge is 2.15. The zero-order chi connectivity index (χ0) is 13.8. The fraction of sp³-hybridized carbons (Fsp3) is 0.143. The maximum absolute atomic E-state index is 12.1. The van der Waals surface area contributed by atoms with Gasteiger partial charge in [-0.15, -0.1) is 0 Å². The molecule has 1 atom stereocenters. The minimum Gasteiger partial charge on any atom is -0.398 e. The minimum absolute atomic E-state index is 0.203. The van der Waals surface area contributed by atoms with Crippen LogP contribution in [0.3, 0.4) is 0 Å². The van der Waals surface area contributed by atoms with E-state index in [2.05, 4.69) is 10.3 Å². The Morgan fingerprint density at radius 3 is 2.79 bits per heavy atom. The molecule has 0 aliphatic rings. The largest absolute Gasteiger partial charge is 0.398 e. The summed E-state index contributed by atoms with van der Waals surface area (Å²) < 4.78 is 0. The summed E-state index contributed by atoms with van der Waals surface area (Å²) in [7, 11) is 0. The van der Waals surface area contributed by atoms with Gasteiger partial charge in [0, 0.05) is 6.20 Å². The molecule has 1 heterocycles. The van der Waals surface area contributed by atoms with Crippen molar-refractivity contribution in [2.75, 3.05) is 5.73 Å². The number of nitrogens with zero attached hydrogens (tertiary/aromatic N) is 1. The lowest BCUT2D eigenvalue weighted by Crippen LogP contribution is -2.27. The first-order valence-corrected chi connectivity index (χ1v) is 6.23. The zero-order valence-electron chi connectivity index (χ0n) is 10.4. The van der Waals surface area contributed by atoms with Crippen LogP contribution in [0.2, 0.25) is 5.02 Å². The van der Waals surface area contributed by atoms with Crippen LogP contribution >= 0.6 is 11.6 Å². The third-order valence-corrected chi connectivity index (χ3v) is 3.17. The molecule has 1 amide bonds. The second-order valence-electron chi connectivity index (χ2n) is 4.16. The van der Waals surface area contributed by atoms with Crippen molar-refractivity contribution in [2.45, 2.75) is 13.0 Å². The quantitative estimate of drug-likeness (QED) is 0.847. The molecule has 0 fully saturated rings. The topological polar surface area (TPSA) is 68.0 Å². The van der Waals surface area contributed by atoms with Crippen molar-refractivity contribution >= 4 is 23.2 Å². The van der Waals surface area contributed by atoms with Gasteiger partial charge in [0.1, 0.15) is 0 Å². The fourth-order valence-corrected chi connectivity index (χ4v) is 1.92. The number of nitrogen functional groups attached to an aromatic ring is 1. The molecule has 0 spiro atoms. The van der Waals surface area contributed by atoms with Crippen LogP contribution in [0.15, 0.2) is 42.6 Å². The number of hydrogen-bond acceptors (Lipinski definition) is 3. The molecule has 98 valence electrons. The van der Waals surface area contributed by atoms with Gasteiger partial charge in [-0.2, -0.15) is 0 Å². The predicted octanol–water partition coefficient (Wildman–Crippen LogP) is 2.81. The monoisotopic (exact) mass is 275 g/mol. The van der Waals surface area contributed by atoms with Crippen LogP contribution in [0.5, 0.6) is 0 Å². The Hall–Kier alpha value is -2.07. The predicted molar refractivity (Wildman–Crippen MR) is 76.0 cm³/mol. The van der Waals surface area contributed by atoms with Crippen molar-refractivity contribution in [1.29, 1.82) is 0 Å². The number of carbonyl (C=O) groups is 1. The Bertz CT molecular complexity index is 586. The lowest BCUT2D eigenvalue weighted by Gasteiger charge is -2.14. The molecule has 1 unspecified atom stereocenters. The number of hydrogen-bond donors (Lipinski definition) is 2. The van der Waals surface area contributed by atoms with Crippen LogP contribution < -0.4 is 11.1 Å². The van der Waals surface area contributed by atoms with E-state index < -0.39 is 0 Å². The maximum atomic E-state index is 12.1. The molecule has 2 rings (SSSR count). The molecule has 1 aromatic carbocycles. The second-order valence-corrected chi connectivity index (χ2v) is 4.54. The summed E-state index contributed by atoms with van der Waals surface area (Å²) in [5.41, 5.74) is 7.22. The Morgan fingerprint density at radius 2 is 2.11 bits per heavy atom. The third-order valence-electron chi connectivity index (χ3n) is 2.75. The van der Waals surface area contributed by atoms with E-state index in [4.69, 9.17) is 17.3 Å². The molecule has 0 aliphatic heterocycles. The number of anilines is 1. The summed E-state index contributed by atoms with van der Waals surface area (Å²) >= 11 is 6.02. The molecule has 5 heteroatoms. The van der Waals surface area contributed by atoms with Gasteiger partial charge in [0.25, 0.3) is 5.91 Å². The highest BCUT2D eigenvalue weighted by atomic mass is 35.5. The number of carbonyl (C=O) groups excluding carboxylic acids is 1. The van der Waals surface area contributed by atoms with E-state index >= 15 is 0 Å². The number of nitrogens with two attached hydrogens (primary N) is 1. The smallest absolute Gasteiger partial charge is 0.253 e. The SMILES string of the molecule is CC(NC(=O)c1cccc(N)c1Cl)c1ccccn1. The fourth-order valence-electron chi connectivity index (χ4n) is 1.71. The highest BCUT2D eigenvalue weighted by Crippen LogP contribution is 2.23. The minimum atomic E-state index is -0.268. The summed E-state index contributed by atoms with van der Waals surface area (Å²) in [5.74, 6) is -0.268. The van der Waals surface area contributed by atoms with E-state index in [1.807, 2.05) is 25.1 Å². The summed E-state index contributed by atoms with van der Waals surface area (Å²) in [5, 5.41) is 3.11. The number of amides is 1. The van der Waals surface area contributed by atoms with Crippen LogP contribution in [-0.4, -0.2) is 10.9 Å². The van der Waals surface area contributed by atoms with Gasteiger partial charge in [-0.1, -0.05) is 23.7 Å². The average Bonchev–Trinajstić information content (AvgIpc) is 2.42. The van der Waals surface area contributed by atoms with Gasteiger partial charge in [0.2, 0.25) is 0 Å². The van der Waals surface area contributed by atoms with Gasteiger partial charge in [-0.05, 0) is 31.2 Å². The van der Waals surface area contributed by atoms with E-state index in [0.29, 0.717) is 11.3 Å². The van der Waals surface area contributed by atoms with Gasteiger partial charge in [0.05, 0.1) is 28.0 Å². The van der Waals surface area contributed by atoms with Gasteiger partial charge >= 0.3 is 0 Å². The summed E-state index contributed by atoms with van der Waals surface area (Å²) in [4.78, 5) is 16.3. The van der Waals surface area contributed by atoms with E-state index in [1.165, 1.54) is 0 Å². The maximum Gasteiger partial charge on any atom is 0.253 e. The highest BCUT2D eigenvalue weighted by molar-refractivity contribution is 6.36. The van der Waals surface area contributed by atoms with Crippen LogP contribution in [0.25, 0.3) is 0 Å². The Balaban J connectivity index is 2.16. The number of rotatable bonds is 3. The molecule has 0 aliphatic carbocycles. The summed E-state index contributed by atoms with van der Waals surface area (Å²) in [6, 6.07) is 10.3. The van der Waals surface area contributed by atoms with Gasteiger partial charge in [-0.25, -0.2) is 0 Å². The van der Waals surface area contributed by atoms with Crippen molar-refractivity contribution in [1.82, 2.24) is 10.3 Å². The van der Waals surface area contributed by atoms with E-state index in [0.717, 1.165) is 5.69 Å². The van der Waals surface area contributed by atoms with Crippen molar-refractivity contribution in [3.8, 4) is 0 Å². The first-order chi connectivity index (χ1) is 9.09. The van der Waals surface area contributed by atoms with Gasteiger partial charge in [0.15, 0.2) is 0 Å². The van der Waals surface area contributed by atoms with Crippen molar-refractivity contribution in [3.05, 3.63) is 58.9 Å². The molecule has 0 radical (unpaired) electrons. The molecule has 0 saturated carbocycles. The molecule has 3 N–H and O–H groups in total. The van der Waals surface area contributed by atoms with Gasteiger partial charge < -0.3 is 11.1 Å². The molecule has 19 heavy (non-hydrogen) atoms. The van der Waals surface area contributed by atoms with Crippen LogP contribution in [0.1, 0.15) is 29.0 Å². The Morgan fingerprint density at radius 1 is 1.32 bits per heavy atom. The molecular formula is C14H14ClN3O. The molecule has 1 aromatic heterocycles. The van der Waals surface area contributed by atoms with Crippen molar-refractivity contribution < 1.29 is 4.79 Å². The molecular weight excluding hydrogens is 262 g/mol. The lowest BCUT2D eigenvalue weighted by atomic mass is 10.1. The number of aromatic nitrogens is 1. The second kappa shape index (κ2) is 5.71. The Kier molecular flexibility index (Phi) is 4.02. The number of pyridine rings is 1. The van der Waals surface area contributed by atoms with E-state index in [1.54, 1.807) is 24.4 Å². The van der Waals surface area contributed by atoms with Crippen molar-refractivity contribution in [2.24, 2.45) is 0 Å². The number of benzene rings is 1. The van der Waals surface area contributed by atoms with E-state index in [9.17, 15) is 4.79 Å². The Labute approximate surface area is 116 Å². The zero-order valence-corrected chi connectivity index (χ0v) is 11.2. The average molecular weight is 276 g/mol. The first-order valence-electron chi connectivity index (χ1n) is 5.85. The van der Waals surface area contributed by atoms with Crippen LogP contribution in [-0.2, 0) is 0 Å². The van der Waals surface area contributed by atoms with Crippen LogP contribution in [0, 0.1) is 0 Å². The van der Waals surface area contributed by atoms with Crippen molar-refractivity contribution in [3.63, 3.8) is 0 Å². The first kappa shape index (κ1) is 13.4. The van der Waals surface area contributed by atoms with Gasteiger partial charge in [-0.3, -0.25) is 9.78 Å².